The van der Waals surface area contributed by atoms with Crippen LogP contribution in [0.3, 0.4) is 0 Å². The zero-order valence-electron chi connectivity index (χ0n) is 31.3. The number of carboxylic acid groups (broad SMARTS) is 1. The van der Waals surface area contributed by atoms with Crippen molar-refractivity contribution in [3.05, 3.63) is 100 Å². The van der Waals surface area contributed by atoms with Gasteiger partial charge >= 0.3 is 11.9 Å². The van der Waals surface area contributed by atoms with Gasteiger partial charge in [-0.25, -0.2) is 13.8 Å². The Hall–Kier alpha value is -5.32. The van der Waals surface area contributed by atoms with Gasteiger partial charge in [-0.3, -0.25) is 4.79 Å². The molecule has 0 spiro atoms. The SMILES string of the molecule is COC(=O)C1(O)CCN(CCCOc2cccc(-c3cccc(COc4cc(OCc5ccc6nonc6c5)c(CN[C@@H](CO)CC(=O)O)cc4Cl)c3F)c2)CC1. The van der Waals surface area contributed by atoms with Crippen LogP contribution in [0.15, 0.2) is 77.4 Å². The monoisotopic (exact) mass is 806 g/mol. The molecule has 16 heteroatoms. The number of carbonyl (C=O) groups excluding carboxylic acids is 1. The Morgan fingerprint density at radius 2 is 1.74 bits per heavy atom. The molecule has 1 aliphatic heterocycles. The molecule has 1 saturated heterocycles. The van der Waals surface area contributed by atoms with Crippen molar-refractivity contribution in [2.45, 2.75) is 57.1 Å². The quantitative estimate of drug-likeness (QED) is 0.0603. The fraction of sp³-hybridized carbons (Fsp3) is 0.366. The second-order valence-electron chi connectivity index (χ2n) is 13.8. The van der Waals surface area contributed by atoms with Crippen LogP contribution in [-0.4, -0.2) is 94.1 Å². The van der Waals surface area contributed by atoms with Crippen LogP contribution in [0.25, 0.3) is 22.2 Å². The maximum Gasteiger partial charge on any atom is 0.337 e. The minimum Gasteiger partial charge on any atom is -0.494 e. The number of halogens is 2. The predicted octanol–water partition coefficient (Wildman–Crippen LogP) is 5.53. The van der Waals surface area contributed by atoms with Crippen molar-refractivity contribution >= 4 is 34.6 Å². The first kappa shape index (κ1) is 41.3. The van der Waals surface area contributed by atoms with Crippen LogP contribution in [0.5, 0.6) is 17.2 Å². The molecule has 0 unspecified atom stereocenters. The van der Waals surface area contributed by atoms with Crippen LogP contribution in [0.4, 0.5) is 4.39 Å². The van der Waals surface area contributed by atoms with E-state index in [9.17, 15) is 24.9 Å². The third kappa shape index (κ3) is 10.8. The lowest BCUT2D eigenvalue weighted by molar-refractivity contribution is -0.167. The molecule has 0 amide bonds. The number of hydrogen-bond donors (Lipinski definition) is 4. The summed E-state index contributed by atoms with van der Waals surface area (Å²) < 4.78 is 43.8. The van der Waals surface area contributed by atoms with Crippen molar-refractivity contribution in [3.8, 4) is 28.4 Å². The highest BCUT2D eigenvalue weighted by Gasteiger charge is 2.40. The second-order valence-corrected chi connectivity index (χ2v) is 14.2. The third-order valence-corrected chi connectivity index (χ3v) is 10.1. The molecule has 1 fully saturated rings. The number of likely N-dealkylation sites (tertiary alicyclic amines) is 1. The number of aromatic nitrogens is 2. The summed E-state index contributed by atoms with van der Waals surface area (Å²) in [4.78, 5) is 25.3. The maximum absolute atomic E-state index is 16.1. The lowest BCUT2D eigenvalue weighted by Gasteiger charge is -2.36. The molecule has 1 aromatic heterocycles. The molecule has 5 aromatic rings. The average Bonchev–Trinajstić information content (AvgIpc) is 3.69. The van der Waals surface area contributed by atoms with E-state index in [-0.39, 0.29) is 49.1 Å². The number of fused-ring (bicyclic) bond motifs is 1. The van der Waals surface area contributed by atoms with Gasteiger partial charge in [0.25, 0.3) is 0 Å². The molecule has 6 rings (SSSR count). The number of rotatable bonds is 19. The Morgan fingerprint density at radius 1 is 0.965 bits per heavy atom. The molecule has 4 N–H and O–H groups in total. The van der Waals surface area contributed by atoms with Gasteiger partial charge in [0, 0.05) is 55.0 Å². The Bertz CT molecular complexity index is 2160. The van der Waals surface area contributed by atoms with Crippen LogP contribution in [0.1, 0.15) is 42.4 Å². The fourth-order valence-corrected chi connectivity index (χ4v) is 6.79. The first-order valence-corrected chi connectivity index (χ1v) is 18.8. The van der Waals surface area contributed by atoms with Gasteiger partial charge in [-0.2, -0.15) is 0 Å². The largest absolute Gasteiger partial charge is 0.494 e. The number of esters is 1. The van der Waals surface area contributed by atoms with Gasteiger partial charge in [0.05, 0.1) is 31.8 Å². The first-order valence-electron chi connectivity index (χ1n) is 18.4. The summed E-state index contributed by atoms with van der Waals surface area (Å²) >= 11 is 6.67. The number of nitrogens with one attached hydrogen (secondary N) is 1. The van der Waals surface area contributed by atoms with Crippen molar-refractivity contribution in [2.75, 3.05) is 40.0 Å². The predicted molar refractivity (Wildman–Crippen MR) is 206 cm³/mol. The van der Waals surface area contributed by atoms with Crippen LogP contribution in [0.2, 0.25) is 5.02 Å². The van der Waals surface area contributed by atoms with Crippen LogP contribution in [0, 0.1) is 5.82 Å². The molecule has 2 heterocycles. The van der Waals surface area contributed by atoms with Gasteiger partial charge in [0.2, 0.25) is 0 Å². The number of piperidine rings is 1. The number of aliphatic hydroxyl groups is 2. The standard InChI is InChI=1S/C41H44ClFN4O10/c1-53-40(51)41(52)11-14-47(15-12-41)13-4-16-54-31-7-2-5-27(18-31)32-8-3-6-28(39(32)43)25-56-37-21-36(55-24-26-9-10-34-35(17-26)46-57-45-34)29(19-33(37)42)22-44-30(23-48)20-38(49)50/h2-3,5-10,17-19,21,30,44,48,52H,4,11-16,20,22-25H2,1H3,(H,49,50)/t30-/m1/s1. The highest BCUT2D eigenvalue weighted by Crippen LogP contribution is 2.35. The average molecular weight is 807 g/mol. The lowest BCUT2D eigenvalue weighted by atomic mass is 9.91. The Morgan fingerprint density at radius 3 is 2.51 bits per heavy atom. The summed E-state index contributed by atoms with van der Waals surface area (Å²) in [5.74, 6) is -0.919. The van der Waals surface area contributed by atoms with E-state index in [1.54, 1.807) is 60.7 Å². The molecule has 57 heavy (non-hydrogen) atoms. The summed E-state index contributed by atoms with van der Waals surface area (Å²) in [5, 5.41) is 40.3. The van der Waals surface area contributed by atoms with E-state index in [4.69, 9.17) is 35.2 Å². The number of aliphatic hydroxyl groups excluding tert-OH is 1. The number of carboxylic acids is 1. The van der Waals surface area contributed by atoms with Gasteiger partial charge in [-0.1, -0.05) is 48.0 Å². The Kier molecular flexibility index (Phi) is 13.9. The minimum absolute atomic E-state index is 0.122. The highest BCUT2D eigenvalue weighted by atomic mass is 35.5. The summed E-state index contributed by atoms with van der Waals surface area (Å²) in [6.45, 7) is 2.02. The zero-order chi connectivity index (χ0) is 40.4. The number of carbonyl (C=O) groups is 2. The van der Waals surface area contributed by atoms with Crippen LogP contribution >= 0.6 is 11.6 Å². The topological polar surface area (TPSA) is 186 Å². The number of hydrogen-bond acceptors (Lipinski definition) is 13. The second kappa shape index (κ2) is 19.2. The van der Waals surface area contributed by atoms with Crippen LogP contribution < -0.4 is 19.5 Å². The smallest absolute Gasteiger partial charge is 0.337 e. The Labute approximate surface area is 333 Å². The summed E-state index contributed by atoms with van der Waals surface area (Å²) in [7, 11) is 1.28. The zero-order valence-corrected chi connectivity index (χ0v) is 32.0. The van der Waals surface area contributed by atoms with Gasteiger partial charge in [0.15, 0.2) is 5.60 Å². The van der Waals surface area contributed by atoms with E-state index in [1.807, 2.05) is 12.1 Å². The van der Waals surface area contributed by atoms with Crippen LogP contribution in [-0.2, 0) is 34.1 Å². The lowest BCUT2D eigenvalue weighted by Crippen LogP contribution is -2.50. The number of benzene rings is 4. The molecule has 14 nitrogen and oxygen atoms in total. The minimum atomic E-state index is -1.43. The summed E-state index contributed by atoms with van der Waals surface area (Å²) in [6.07, 6.45) is 1.06. The Balaban J connectivity index is 1.10. The molecule has 4 aromatic carbocycles. The van der Waals surface area contributed by atoms with Gasteiger partial charge in [0.1, 0.15) is 47.3 Å². The summed E-state index contributed by atoms with van der Waals surface area (Å²) in [5.41, 5.74) is 2.36. The first-order chi connectivity index (χ1) is 27.5. The van der Waals surface area contributed by atoms with Gasteiger partial charge in [-0.05, 0) is 71.0 Å². The van der Waals surface area contributed by atoms with E-state index < -0.39 is 29.4 Å². The molecule has 0 saturated carbocycles. The van der Waals surface area contributed by atoms with Crippen molar-refractivity contribution < 1.29 is 52.9 Å². The van der Waals surface area contributed by atoms with Gasteiger partial charge in [-0.15, -0.1) is 0 Å². The number of ether oxygens (including phenoxy) is 4. The van der Waals surface area contributed by atoms with E-state index in [0.29, 0.717) is 71.8 Å². The molecule has 1 aliphatic rings. The number of methoxy groups -OCH3 is 1. The number of aliphatic carboxylic acids is 1. The van der Waals surface area contributed by atoms with Crippen molar-refractivity contribution in [3.63, 3.8) is 0 Å². The van der Waals surface area contributed by atoms with Crippen molar-refractivity contribution in [1.29, 1.82) is 0 Å². The number of nitrogens with zero attached hydrogens (tertiary/aromatic N) is 3. The molecule has 302 valence electrons. The normalized spacial score (nSPS) is 14.6. The van der Waals surface area contributed by atoms with Gasteiger partial charge < -0.3 is 44.5 Å². The van der Waals surface area contributed by atoms with Crippen molar-refractivity contribution in [1.82, 2.24) is 20.5 Å². The molecule has 1 atom stereocenters. The highest BCUT2D eigenvalue weighted by molar-refractivity contribution is 6.32. The van der Waals surface area contributed by atoms with E-state index in [0.717, 1.165) is 18.5 Å². The summed E-state index contributed by atoms with van der Waals surface area (Å²) in [6, 6.07) is 20.1. The maximum atomic E-state index is 16.1. The molecule has 0 radical (unpaired) electrons. The molecule has 0 aliphatic carbocycles. The molecule has 0 bridgehead atoms. The third-order valence-electron chi connectivity index (χ3n) is 9.79. The van der Waals surface area contributed by atoms with E-state index in [1.165, 1.54) is 7.11 Å². The van der Waals surface area contributed by atoms with E-state index in [2.05, 4.69) is 20.5 Å². The van der Waals surface area contributed by atoms with E-state index >= 15 is 4.39 Å². The van der Waals surface area contributed by atoms with Crippen molar-refractivity contribution in [2.24, 2.45) is 0 Å². The fourth-order valence-electron chi connectivity index (χ4n) is 6.55. The molecular formula is C41H44ClFN4O10. The molecular weight excluding hydrogens is 763 g/mol.